The summed E-state index contributed by atoms with van der Waals surface area (Å²) in [7, 11) is 0. The van der Waals surface area contributed by atoms with Gasteiger partial charge in [0.05, 0.1) is 5.76 Å². The molecule has 1 N–H and O–H groups in total. The zero-order valence-corrected chi connectivity index (χ0v) is 9.91. The highest BCUT2D eigenvalue weighted by Gasteiger charge is 2.25. The number of rotatable bonds is 3. The third-order valence-corrected chi connectivity index (χ3v) is 2.89. The lowest BCUT2D eigenvalue weighted by Crippen LogP contribution is -2.38. The number of hydrogen-bond donors (Lipinski definition) is 1. The molecule has 0 aromatic carbocycles. The topological polar surface area (TPSA) is 55.4 Å². The summed E-state index contributed by atoms with van der Waals surface area (Å²) in [5.74, 6) is 0.813. The second kappa shape index (κ2) is 5.68. The minimum atomic E-state index is -0.446. The fourth-order valence-electron chi connectivity index (χ4n) is 2.00. The van der Waals surface area contributed by atoms with Crippen LogP contribution in [-0.2, 0) is 9.53 Å². The molecule has 0 radical (unpaired) electrons. The van der Waals surface area contributed by atoms with Crippen LogP contribution in [0.5, 0.6) is 0 Å². The van der Waals surface area contributed by atoms with Crippen LogP contribution in [0.1, 0.15) is 39.5 Å². The molecular formula is C12H19NO3. The Morgan fingerprint density at radius 1 is 1.19 bits per heavy atom. The molecule has 0 atom stereocenters. The number of carbonyl (C=O) groups excluding carboxylic acids is 2. The van der Waals surface area contributed by atoms with Gasteiger partial charge in [-0.3, -0.25) is 4.79 Å². The molecule has 0 aromatic heterocycles. The molecule has 0 heterocycles. The summed E-state index contributed by atoms with van der Waals surface area (Å²) >= 11 is 0. The SMILES string of the molecule is C=C(C)OC(=O)N[C@H]1CC[C@@H](C(C)=O)CC1. The monoisotopic (exact) mass is 225 g/mol. The number of carbonyl (C=O) groups is 2. The van der Waals surface area contributed by atoms with Crippen LogP contribution in [0.2, 0.25) is 0 Å². The van der Waals surface area contributed by atoms with Crippen molar-refractivity contribution in [3.8, 4) is 0 Å². The summed E-state index contributed by atoms with van der Waals surface area (Å²) in [6.07, 6.45) is 2.95. The summed E-state index contributed by atoms with van der Waals surface area (Å²) in [5.41, 5.74) is 0. The van der Waals surface area contributed by atoms with Crippen LogP contribution in [0, 0.1) is 5.92 Å². The molecule has 1 amide bonds. The van der Waals surface area contributed by atoms with Gasteiger partial charge in [0.1, 0.15) is 5.78 Å². The summed E-state index contributed by atoms with van der Waals surface area (Å²) in [4.78, 5) is 22.4. The first kappa shape index (κ1) is 12.7. The fraction of sp³-hybridized carbons (Fsp3) is 0.667. The highest BCUT2D eigenvalue weighted by molar-refractivity contribution is 5.78. The number of hydrogen-bond acceptors (Lipinski definition) is 3. The van der Waals surface area contributed by atoms with Crippen LogP contribution in [0.15, 0.2) is 12.3 Å². The van der Waals surface area contributed by atoms with Gasteiger partial charge in [0, 0.05) is 12.0 Å². The Kier molecular flexibility index (Phi) is 4.52. The molecule has 1 aliphatic carbocycles. The van der Waals surface area contributed by atoms with Crippen molar-refractivity contribution in [2.24, 2.45) is 5.92 Å². The predicted octanol–water partition coefficient (Wildman–Crippen LogP) is 2.39. The van der Waals surface area contributed by atoms with Crippen molar-refractivity contribution in [3.05, 3.63) is 12.3 Å². The lowest BCUT2D eigenvalue weighted by atomic mass is 9.84. The number of Topliss-reactive ketones (excluding diaryl/α,β-unsaturated/α-hetero) is 1. The molecule has 16 heavy (non-hydrogen) atoms. The summed E-state index contributed by atoms with van der Waals surface area (Å²) in [5, 5.41) is 2.78. The van der Waals surface area contributed by atoms with Crippen molar-refractivity contribution >= 4 is 11.9 Å². The van der Waals surface area contributed by atoms with Crippen molar-refractivity contribution in [3.63, 3.8) is 0 Å². The second-order valence-corrected chi connectivity index (χ2v) is 4.40. The second-order valence-electron chi connectivity index (χ2n) is 4.40. The Morgan fingerprint density at radius 3 is 2.19 bits per heavy atom. The Morgan fingerprint density at radius 2 is 1.75 bits per heavy atom. The molecule has 1 rings (SSSR count). The predicted molar refractivity (Wildman–Crippen MR) is 60.9 cm³/mol. The largest absolute Gasteiger partial charge is 0.416 e. The normalized spacial score (nSPS) is 24.6. The maximum atomic E-state index is 11.3. The van der Waals surface area contributed by atoms with E-state index in [2.05, 4.69) is 11.9 Å². The van der Waals surface area contributed by atoms with E-state index in [4.69, 9.17) is 4.74 Å². The quantitative estimate of drug-likeness (QED) is 0.750. The smallest absolute Gasteiger partial charge is 0.412 e. The number of alkyl carbamates (subject to hydrolysis) is 1. The molecule has 90 valence electrons. The van der Waals surface area contributed by atoms with Gasteiger partial charge in [-0.05, 0) is 39.5 Å². The van der Waals surface area contributed by atoms with Crippen LogP contribution in [0.25, 0.3) is 0 Å². The zero-order chi connectivity index (χ0) is 12.1. The lowest BCUT2D eigenvalue weighted by molar-refractivity contribution is -0.121. The van der Waals surface area contributed by atoms with Gasteiger partial charge in [-0.1, -0.05) is 6.58 Å². The van der Waals surface area contributed by atoms with Crippen LogP contribution in [0.4, 0.5) is 4.79 Å². The average molecular weight is 225 g/mol. The molecule has 4 heteroatoms. The third-order valence-electron chi connectivity index (χ3n) is 2.89. The van der Waals surface area contributed by atoms with E-state index in [1.54, 1.807) is 13.8 Å². The Labute approximate surface area is 96.0 Å². The Bertz CT molecular complexity index is 291. The van der Waals surface area contributed by atoms with Gasteiger partial charge in [0.15, 0.2) is 0 Å². The molecule has 0 saturated heterocycles. The summed E-state index contributed by atoms with van der Waals surface area (Å²) < 4.78 is 4.82. The van der Waals surface area contributed by atoms with Gasteiger partial charge < -0.3 is 10.1 Å². The summed E-state index contributed by atoms with van der Waals surface area (Å²) in [6.45, 7) is 6.76. The van der Waals surface area contributed by atoms with Crippen molar-refractivity contribution < 1.29 is 14.3 Å². The first-order valence-electron chi connectivity index (χ1n) is 5.63. The Hall–Kier alpha value is -1.32. The van der Waals surface area contributed by atoms with Crippen LogP contribution < -0.4 is 5.32 Å². The van der Waals surface area contributed by atoms with Gasteiger partial charge in [0.2, 0.25) is 0 Å². The van der Waals surface area contributed by atoms with E-state index < -0.39 is 6.09 Å². The van der Waals surface area contributed by atoms with Crippen LogP contribution >= 0.6 is 0 Å². The maximum absolute atomic E-state index is 11.3. The lowest BCUT2D eigenvalue weighted by Gasteiger charge is -2.27. The van der Waals surface area contributed by atoms with Crippen molar-refractivity contribution in [2.75, 3.05) is 0 Å². The highest BCUT2D eigenvalue weighted by atomic mass is 16.6. The first-order chi connectivity index (χ1) is 7.49. The molecule has 1 saturated carbocycles. The summed E-state index contributed by atoms with van der Waals surface area (Å²) in [6, 6.07) is 0.127. The first-order valence-corrected chi connectivity index (χ1v) is 5.63. The molecular weight excluding hydrogens is 206 g/mol. The van der Waals surface area contributed by atoms with E-state index >= 15 is 0 Å². The molecule has 0 spiro atoms. The minimum Gasteiger partial charge on any atom is -0.416 e. The molecule has 1 aliphatic rings. The number of nitrogens with one attached hydrogen (secondary N) is 1. The van der Waals surface area contributed by atoms with E-state index in [0.717, 1.165) is 25.7 Å². The zero-order valence-electron chi connectivity index (χ0n) is 9.91. The van der Waals surface area contributed by atoms with Crippen LogP contribution in [0.3, 0.4) is 0 Å². The minimum absolute atomic E-state index is 0.127. The fourth-order valence-corrected chi connectivity index (χ4v) is 2.00. The maximum Gasteiger partial charge on any atom is 0.412 e. The number of amides is 1. The highest BCUT2D eigenvalue weighted by Crippen LogP contribution is 2.24. The molecule has 0 aromatic rings. The molecule has 4 nitrogen and oxygen atoms in total. The van der Waals surface area contributed by atoms with Crippen molar-refractivity contribution in [1.82, 2.24) is 5.32 Å². The van der Waals surface area contributed by atoms with Gasteiger partial charge in [-0.2, -0.15) is 0 Å². The van der Waals surface area contributed by atoms with Gasteiger partial charge >= 0.3 is 6.09 Å². The molecule has 0 aliphatic heterocycles. The van der Waals surface area contributed by atoms with Crippen LogP contribution in [-0.4, -0.2) is 17.9 Å². The van der Waals surface area contributed by atoms with E-state index in [1.807, 2.05) is 0 Å². The van der Waals surface area contributed by atoms with Crippen molar-refractivity contribution in [2.45, 2.75) is 45.6 Å². The van der Waals surface area contributed by atoms with E-state index in [-0.39, 0.29) is 17.7 Å². The van der Waals surface area contributed by atoms with Gasteiger partial charge in [-0.25, -0.2) is 4.79 Å². The molecule has 0 bridgehead atoms. The van der Waals surface area contributed by atoms with Gasteiger partial charge in [-0.15, -0.1) is 0 Å². The number of allylic oxidation sites excluding steroid dienone is 1. The molecule has 0 unspecified atom stereocenters. The van der Waals surface area contributed by atoms with Gasteiger partial charge in [0.25, 0.3) is 0 Å². The van der Waals surface area contributed by atoms with Crippen molar-refractivity contribution in [1.29, 1.82) is 0 Å². The Balaban J connectivity index is 2.29. The standard InChI is InChI=1S/C12H19NO3/c1-8(2)16-12(15)13-11-6-4-10(5-7-11)9(3)14/h10-11H,1,4-7H2,2-3H3,(H,13,15)/t10-,11+. The average Bonchev–Trinajstić information content (AvgIpc) is 2.16. The number of ketones is 1. The molecule has 1 fully saturated rings. The van der Waals surface area contributed by atoms with E-state index in [9.17, 15) is 9.59 Å². The number of ether oxygens (including phenoxy) is 1. The third kappa shape index (κ3) is 4.04. The van der Waals surface area contributed by atoms with E-state index in [1.165, 1.54) is 0 Å². The van der Waals surface area contributed by atoms with E-state index in [0.29, 0.717) is 5.76 Å².